The van der Waals surface area contributed by atoms with Crippen molar-refractivity contribution in [1.82, 2.24) is 10.9 Å². The number of benzene rings is 1. The molecule has 0 fully saturated rings. The number of halogens is 1. The number of esters is 1. The van der Waals surface area contributed by atoms with Crippen LogP contribution in [-0.2, 0) is 14.3 Å². The Bertz CT molecular complexity index is 505. The number of ether oxygens (including phenoxy) is 1. The Hall–Kier alpha value is -1.89. The summed E-state index contributed by atoms with van der Waals surface area (Å²) in [6, 6.07) is 6.78. The van der Waals surface area contributed by atoms with E-state index in [0.29, 0.717) is 12.0 Å². The van der Waals surface area contributed by atoms with Gasteiger partial charge in [-0.2, -0.15) is 0 Å². The van der Waals surface area contributed by atoms with Crippen LogP contribution < -0.4 is 10.9 Å². The summed E-state index contributed by atoms with van der Waals surface area (Å²) in [5, 5.41) is 0. The minimum Gasteiger partial charge on any atom is -0.469 e. The first-order valence-corrected chi connectivity index (χ1v) is 6.74. The fourth-order valence-corrected chi connectivity index (χ4v) is 1.79. The van der Waals surface area contributed by atoms with Crippen molar-refractivity contribution in [2.75, 3.05) is 7.11 Å². The topological polar surface area (TPSA) is 84.5 Å². The van der Waals surface area contributed by atoms with E-state index < -0.39 is 5.91 Å². The average molecular weight is 343 g/mol. The van der Waals surface area contributed by atoms with Crippen molar-refractivity contribution in [3.8, 4) is 0 Å². The number of carbonyl (C=O) groups excluding carboxylic acids is 3. The van der Waals surface area contributed by atoms with Gasteiger partial charge in [0.1, 0.15) is 0 Å². The number of rotatable bonds is 5. The van der Waals surface area contributed by atoms with E-state index in [9.17, 15) is 14.4 Å². The smallest absolute Gasteiger partial charge is 0.305 e. The van der Waals surface area contributed by atoms with E-state index in [0.717, 1.165) is 4.47 Å². The summed E-state index contributed by atoms with van der Waals surface area (Å²) in [7, 11) is 1.29. The molecule has 2 N–H and O–H groups in total. The SMILES string of the molecule is COC(=O)CCCC(=O)NNC(=O)c1cccc(Br)c1. The lowest BCUT2D eigenvalue weighted by Crippen LogP contribution is -2.41. The maximum Gasteiger partial charge on any atom is 0.305 e. The summed E-state index contributed by atoms with van der Waals surface area (Å²) in [6.07, 6.45) is 0.669. The van der Waals surface area contributed by atoms with E-state index in [1.165, 1.54) is 7.11 Å². The molecule has 0 aliphatic carbocycles. The van der Waals surface area contributed by atoms with Gasteiger partial charge >= 0.3 is 5.97 Å². The molecule has 20 heavy (non-hydrogen) atoms. The summed E-state index contributed by atoms with van der Waals surface area (Å²) in [5.41, 5.74) is 5.01. The summed E-state index contributed by atoms with van der Waals surface area (Å²) < 4.78 is 5.23. The molecule has 0 saturated carbocycles. The van der Waals surface area contributed by atoms with Crippen molar-refractivity contribution in [3.63, 3.8) is 0 Å². The van der Waals surface area contributed by atoms with E-state index in [1.54, 1.807) is 24.3 Å². The Morgan fingerprint density at radius 3 is 2.60 bits per heavy atom. The zero-order valence-electron chi connectivity index (χ0n) is 10.9. The molecule has 1 aromatic rings. The van der Waals surface area contributed by atoms with Gasteiger partial charge in [-0.15, -0.1) is 0 Å². The molecule has 0 aromatic heterocycles. The van der Waals surface area contributed by atoms with Gasteiger partial charge in [0.2, 0.25) is 5.91 Å². The molecule has 0 unspecified atom stereocenters. The molecule has 7 heteroatoms. The Kier molecular flexibility index (Phi) is 6.72. The predicted octanol–water partition coefficient (Wildman–Crippen LogP) is 1.55. The fourth-order valence-electron chi connectivity index (χ4n) is 1.39. The van der Waals surface area contributed by atoms with Crippen LogP contribution in [0.1, 0.15) is 29.6 Å². The third-order valence-electron chi connectivity index (χ3n) is 2.41. The van der Waals surface area contributed by atoms with Crippen LogP contribution in [0.4, 0.5) is 0 Å². The molecule has 1 rings (SSSR count). The van der Waals surface area contributed by atoms with Crippen LogP contribution in [0.25, 0.3) is 0 Å². The van der Waals surface area contributed by atoms with Gasteiger partial charge in [-0.05, 0) is 24.6 Å². The van der Waals surface area contributed by atoms with Crippen LogP contribution in [0.3, 0.4) is 0 Å². The average Bonchev–Trinajstić information content (AvgIpc) is 2.44. The van der Waals surface area contributed by atoms with E-state index in [2.05, 4.69) is 31.5 Å². The van der Waals surface area contributed by atoms with Gasteiger partial charge in [0.05, 0.1) is 7.11 Å². The molecule has 0 radical (unpaired) electrons. The molecular formula is C13H15BrN2O4. The second-order valence-electron chi connectivity index (χ2n) is 3.94. The lowest BCUT2D eigenvalue weighted by molar-refractivity contribution is -0.140. The van der Waals surface area contributed by atoms with Crippen molar-refractivity contribution in [2.45, 2.75) is 19.3 Å². The highest BCUT2D eigenvalue weighted by Crippen LogP contribution is 2.11. The van der Waals surface area contributed by atoms with Gasteiger partial charge in [-0.25, -0.2) is 0 Å². The second kappa shape index (κ2) is 8.31. The molecule has 0 spiro atoms. The van der Waals surface area contributed by atoms with Crippen molar-refractivity contribution in [1.29, 1.82) is 0 Å². The molecule has 0 atom stereocenters. The van der Waals surface area contributed by atoms with Crippen LogP contribution in [0.2, 0.25) is 0 Å². The quantitative estimate of drug-likeness (QED) is 0.628. The molecule has 0 saturated heterocycles. The van der Waals surface area contributed by atoms with Crippen LogP contribution in [0.15, 0.2) is 28.7 Å². The molecule has 0 aliphatic rings. The van der Waals surface area contributed by atoms with E-state index in [-0.39, 0.29) is 24.7 Å². The molecule has 0 heterocycles. The molecule has 0 bridgehead atoms. The standard InChI is InChI=1S/C13H15BrN2O4/c1-20-12(18)7-3-6-11(17)15-16-13(19)9-4-2-5-10(14)8-9/h2,4-5,8H,3,6-7H2,1H3,(H,15,17)(H,16,19). The third kappa shape index (κ3) is 5.83. The maximum absolute atomic E-state index is 11.7. The predicted molar refractivity (Wildman–Crippen MR) is 75.6 cm³/mol. The lowest BCUT2D eigenvalue weighted by atomic mass is 10.2. The van der Waals surface area contributed by atoms with Crippen molar-refractivity contribution in [2.24, 2.45) is 0 Å². The first-order valence-electron chi connectivity index (χ1n) is 5.94. The van der Waals surface area contributed by atoms with Gasteiger partial charge in [0, 0.05) is 22.9 Å². The van der Waals surface area contributed by atoms with E-state index in [1.807, 2.05) is 0 Å². The van der Waals surface area contributed by atoms with Crippen LogP contribution >= 0.6 is 15.9 Å². The Labute approximate surface area is 125 Å². The van der Waals surface area contributed by atoms with Gasteiger partial charge < -0.3 is 4.74 Å². The molecule has 0 aliphatic heterocycles. The van der Waals surface area contributed by atoms with Crippen molar-refractivity contribution < 1.29 is 19.1 Å². The lowest BCUT2D eigenvalue weighted by Gasteiger charge is -2.07. The highest BCUT2D eigenvalue weighted by atomic mass is 79.9. The van der Waals surface area contributed by atoms with Crippen LogP contribution in [-0.4, -0.2) is 24.9 Å². The summed E-state index contributed by atoms with van der Waals surface area (Å²) in [4.78, 5) is 34.0. The third-order valence-corrected chi connectivity index (χ3v) is 2.91. The number of methoxy groups -OCH3 is 1. The van der Waals surface area contributed by atoms with Gasteiger partial charge in [-0.1, -0.05) is 22.0 Å². The Morgan fingerprint density at radius 2 is 1.95 bits per heavy atom. The largest absolute Gasteiger partial charge is 0.469 e. The van der Waals surface area contributed by atoms with Crippen LogP contribution in [0.5, 0.6) is 0 Å². The second-order valence-corrected chi connectivity index (χ2v) is 4.86. The molecular weight excluding hydrogens is 328 g/mol. The highest BCUT2D eigenvalue weighted by molar-refractivity contribution is 9.10. The summed E-state index contributed by atoms with van der Waals surface area (Å²) in [5.74, 6) is -1.14. The van der Waals surface area contributed by atoms with Crippen molar-refractivity contribution >= 4 is 33.7 Å². The first-order chi connectivity index (χ1) is 9.52. The summed E-state index contributed by atoms with van der Waals surface area (Å²) in [6.45, 7) is 0. The summed E-state index contributed by atoms with van der Waals surface area (Å²) >= 11 is 3.25. The minimum absolute atomic E-state index is 0.133. The van der Waals surface area contributed by atoms with Crippen molar-refractivity contribution in [3.05, 3.63) is 34.3 Å². The molecule has 2 amide bonds. The molecule has 108 valence electrons. The number of hydrogen-bond acceptors (Lipinski definition) is 4. The number of hydrogen-bond donors (Lipinski definition) is 2. The van der Waals surface area contributed by atoms with Gasteiger partial charge in [0.25, 0.3) is 5.91 Å². The number of hydrazine groups is 1. The zero-order chi connectivity index (χ0) is 15.0. The number of carbonyl (C=O) groups is 3. The molecule has 6 nitrogen and oxygen atoms in total. The first kappa shape index (κ1) is 16.2. The number of amides is 2. The monoisotopic (exact) mass is 342 g/mol. The molecule has 1 aromatic carbocycles. The van der Waals surface area contributed by atoms with Gasteiger partial charge in [-0.3, -0.25) is 25.2 Å². The van der Waals surface area contributed by atoms with E-state index in [4.69, 9.17) is 0 Å². The Balaban J connectivity index is 2.30. The van der Waals surface area contributed by atoms with Gasteiger partial charge in [0.15, 0.2) is 0 Å². The maximum atomic E-state index is 11.7. The minimum atomic E-state index is -0.410. The zero-order valence-corrected chi connectivity index (χ0v) is 12.5. The van der Waals surface area contributed by atoms with E-state index >= 15 is 0 Å². The number of nitrogens with one attached hydrogen (secondary N) is 2. The Morgan fingerprint density at radius 1 is 1.20 bits per heavy atom. The van der Waals surface area contributed by atoms with Crippen LogP contribution in [0, 0.1) is 0 Å². The fraction of sp³-hybridized carbons (Fsp3) is 0.308. The normalized spacial score (nSPS) is 9.70. The highest BCUT2D eigenvalue weighted by Gasteiger charge is 2.08.